The lowest BCUT2D eigenvalue weighted by Crippen LogP contribution is -2.10. The highest BCUT2D eigenvalue weighted by Crippen LogP contribution is 2.29. The van der Waals surface area contributed by atoms with Gasteiger partial charge in [-0.1, -0.05) is 13.8 Å². The zero-order valence-corrected chi connectivity index (χ0v) is 11.4. The van der Waals surface area contributed by atoms with Crippen LogP contribution in [0, 0.1) is 0 Å². The van der Waals surface area contributed by atoms with Gasteiger partial charge in [-0.15, -0.1) is 0 Å². The summed E-state index contributed by atoms with van der Waals surface area (Å²) in [5.74, 6) is 0. The lowest BCUT2D eigenvalue weighted by molar-refractivity contribution is 0.361. The van der Waals surface area contributed by atoms with E-state index >= 15 is 0 Å². The summed E-state index contributed by atoms with van der Waals surface area (Å²) in [6.45, 7) is 4.23. The Morgan fingerprint density at radius 2 is 2.00 bits per heavy atom. The van der Waals surface area contributed by atoms with E-state index in [1.54, 1.807) is 6.20 Å². The molecule has 0 amide bonds. The van der Waals surface area contributed by atoms with Crippen LogP contribution in [0.1, 0.15) is 32.7 Å². The lowest BCUT2D eigenvalue weighted by atomic mass is 10.1. The van der Waals surface area contributed by atoms with Crippen LogP contribution in [0.3, 0.4) is 0 Å². The first-order valence-electron chi connectivity index (χ1n) is 6.32. The van der Waals surface area contributed by atoms with Crippen molar-refractivity contribution in [3.8, 4) is 6.01 Å². The number of pyridine rings is 1. The minimum atomic E-state index is 0.0575. The third-order valence-electron chi connectivity index (χ3n) is 3.34. The van der Waals surface area contributed by atoms with Crippen molar-refractivity contribution in [3.05, 3.63) is 12.3 Å². The molecule has 0 saturated heterocycles. The van der Waals surface area contributed by atoms with E-state index in [-0.39, 0.29) is 12.1 Å². The van der Waals surface area contributed by atoms with Crippen LogP contribution in [0.25, 0.3) is 11.2 Å². The quantitative estimate of drug-likeness (QED) is 0.903. The topological polar surface area (TPSA) is 54.2 Å². The first-order chi connectivity index (χ1) is 8.58. The minimum Gasteiger partial charge on any atom is -0.480 e. The van der Waals surface area contributed by atoms with Crippen molar-refractivity contribution < 1.29 is 5.11 Å². The highest BCUT2D eigenvalue weighted by molar-refractivity contribution is 5.76. The maximum absolute atomic E-state index is 9.99. The standard InChI is InChI=1S/C13H20N4O/c1-5-9(6-2)17-11-7-10(16(3)4)8-14-12(11)15-13(17)18/h7-9H,5-6H2,1-4H3,(H,14,15,18). The van der Waals surface area contributed by atoms with Gasteiger partial charge in [0, 0.05) is 20.1 Å². The number of imidazole rings is 1. The molecule has 1 N–H and O–H groups in total. The number of hydrogen-bond acceptors (Lipinski definition) is 4. The van der Waals surface area contributed by atoms with E-state index in [0.29, 0.717) is 5.65 Å². The molecule has 98 valence electrons. The molecule has 2 aromatic heterocycles. The van der Waals surface area contributed by atoms with Crippen molar-refractivity contribution in [1.29, 1.82) is 0 Å². The van der Waals surface area contributed by atoms with Gasteiger partial charge in [-0.3, -0.25) is 4.57 Å². The van der Waals surface area contributed by atoms with Crippen LogP contribution in [0.5, 0.6) is 6.01 Å². The Labute approximate surface area is 107 Å². The van der Waals surface area contributed by atoms with E-state index < -0.39 is 0 Å². The second-order valence-corrected chi connectivity index (χ2v) is 4.68. The highest BCUT2D eigenvalue weighted by atomic mass is 16.3. The molecule has 2 rings (SSSR count). The molecule has 0 saturated carbocycles. The molecule has 0 unspecified atom stereocenters. The lowest BCUT2D eigenvalue weighted by Gasteiger charge is -2.17. The Hall–Kier alpha value is -1.78. The number of rotatable bonds is 4. The zero-order valence-electron chi connectivity index (χ0n) is 11.4. The normalized spacial score (nSPS) is 11.4. The van der Waals surface area contributed by atoms with Gasteiger partial charge in [0.15, 0.2) is 5.65 Å². The first kappa shape index (κ1) is 12.7. The molecule has 5 heteroatoms. The predicted molar refractivity (Wildman–Crippen MR) is 73.1 cm³/mol. The van der Waals surface area contributed by atoms with Crippen molar-refractivity contribution in [2.45, 2.75) is 32.7 Å². The summed E-state index contributed by atoms with van der Waals surface area (Å²) in [7, 11) is 3.95. The van der Waals surface area contributed by atoms with Crippen LogP contribution in [-0.2, 0) is 0 Å². The number of aromatic nitrogens is 3. The Bertz CT molecular complexity index is 543. The van der Waals surface area contributed by atoms with E-state index in [9.17, 15) is 5.11 Å². The monoisotopic (exact) mass is 248 g/mol. The Morgan fingerprint density at radius 1 is 1.33 bits per heavy atom. The molecule has 0 spiro atoms. The zero-order chi connectivity index (χ0) is 13.3. The average Bonchev–Trinajstić information content (AvgIpc) is 2.67. The smallest absolute Gasteiger partial charge is 0.296 e. The fourth-order valence-corrected chi connectivity index (χ4v) is 2.21. The van der Waals surface area contributed by atoms with Crippen LogP contribution >= 0.6 is 0 Å². The van der Waals surface area contributed by atoms with Crippen LogP contribution < -0.4 is 4.90 Å². The SMILES string of the molecule is CCC(CC)n1c(O)nc2ncc(N(C)C)cc21. The molecule has 0 radical (unpaired) electrons. The number of hydrogen-bond donors (Lipinski definition) is 1. The van der Waals surface area contributed by atoms with Gasteiger partial charge in [0.2, 0.25) is 0 Å². The molecule has 0 bridgehead atoms. The maximum Gasteiger partial charge on any atom is 0.296 e. The third-order valence-corrected chi connectivity index (χ3v) is 3.34. The summed E-state index contributed by atoms with van der Waals surface area (Å²) in [5.41, 5.74) is 2.51. The number of fused-ring (bicyclic) bond motifs is 1. The van der Waals surface area contributed by atoms with E-state index in [0.717, 1.165) is 24.0 Å². The Balaban J connectivity index is 2.63. The fourth-order valence-electron chi connectivity index (χ4n) is 2.21. The molecular weight excluding hydrogens is 228 g/mol. The third kappa shape index (κ3) is 2.00. The molecule has 0 aliphatic carbocycles. The second kappa shape index (κ2) is 4.84. The van der Waals surface area contributed by atoms with E-state index in [2.05, 4.69) is 23.8 Å². The Morgan fingerprint density at radius 3 is 2.56 bits per heavy atom. The summed E-state index contributed by atoms with van der Waals surface area (Å²) in [6.07, 6.45) is 3.69. The molecule has 2 heterocycles. The van der Waals surface area contributed by atoms with Gasteiger partial charge in [0.05, 0.1) is 17.4 Å². The van der Waals surface area contributed by atoms with Gasteiger partial charge in [-0.2, -0.15) is 4.98 Å². The summed E-state index contributed by atoms with van der Waals surface area (Å²) in [5, 5.41) is 9.99. The first-order valence-corrected chi connectivity index (χ1v) is 6.32. The van der Waals surface area contributed by atoms with Gasteiger partial charge in [-0.25, -0.2) is 4.98 Å². The number of aromatic hydroxyl groups is 1. The minimum absolute atomic E-state index is 0.0575. The molecule has 0 aliphatic rings. The van der Waals surface area contributed by atoms with Crippen LogP contribution in [0.15, 0.2) is 12.3 Å². The van der Waals surface area contributed by atoms with E-state index in [4.69, 9.17) is 0 Å². The van der Waals surface area contributed by atoms with Gasteiger partial charge in [-0.05, 0) is 18.9 Å². The molecule has 0 atom stereocenters. The number of nitrogens with zero attached hydrogens (tertiary/aromatic N) is 4. The van der Waals surface area contributed by atoms with E-state index in [1.165, 1.54) is 0 Å². The summed E-state index contributed by atoms with van der Waals surface area (Å²) < 4.78 is 1.88. The molecule has 18 heavy (non-hydrogen) atoms. The summed E-state index contributed by atoms with van der Waals surface area (Å²) in [6, 6.07) is 2.34. The van der Waals surface area contributed by atoms with Gasteiger partial charge < -0.3 is 10.0 Å². The molecule has 0 fully saturated rings. The largest absolute Gasteiger partial charge is 0.480 e. The average molecular weight is 248 g/mol. The molecule has 0 aliphatic heterocycles. The summed E-state index contributed by atoms with van der Waals surface area (Å²) >= 11 is 0. The Kier molecular flexibility index (Phi) is 3.41. The predicted octanol–water partition coefficient (Wildman–Crippen LogP) is 2.56. The van der Waals surface area contributed by atoms with Gasteiger partial charge >= 0.3 is 0 Å². The summed E-state index contributed by atoms with van der Waals surface area (Å²) in [4.78, 5) is 10.4. The fraction of sp³-hybridized carbons (Fsp3) is 0.538. The van der Waals surface area contributed by atoms with Crippen molar-refractivity contribution in [1.82, 2.24) is 14.5 Å². The molecular formula is C13H20N4O. The second-order valence-electron chi connectivity index (χ2n) is 4.68. The highest BCUT2D eigenvalue weighted by Gasteiger charge is 2.17. The maximum atomic E-state index is 9.99. The van der Waals surface area contributed by atoms with Crippen molar-refractivity contribution in [3.63, 3.8) is 0 Å². The number of anilines is 1. The van der Waals surface area contributed by atoms with Gasteiger partial charge in [0.25, 0.3) is 6.01 Å². The van der Waals surface area contributed by atoms with E-state index in [1.807, 2.05) is 29.6 Å². The van der Waals surface area contributed by atoms with Crippen molar-refractivity contribution in [2.75, 3.05) is 19.0 Å². The van der Waals surface area contributed by atoms with Crippen molar-refractivity contribution in [2.24, 2.45) is 0 Å². The van der Waals surface area contributed by atoms with Gasteiger partial charge in [0.1, 0.15) is 0 Å². The molecule has 5 nitrogen and oxygen atoms in total. The van der Waals surface area contributed by atoms with Crippen LogP contribution in [0.4, 0.5) is 5.69 Å². The molecule has 0 aromatic carbocycles. The van der Waals surface area contributed by atoms with Crippen LogP contribution in [-0.4, -0.2) is 33.7 Å². The van der Waals surface area contributed by atoms with Crippen molar-refractivity contribution >= 4 is 16.9 Å². The van der Waals surface area contributed by atoms with Crippen LogP contribution in [0.2, 0.25) is 0 Å². The molecule has 2 aromatic rings.